The van der Waals surface area contributed by atoms with E-state index in [0.29, 0.717) is 10.6 Å². The van der Waals surface area contributed by atoms with E-state index >= 15 is 0 Å². The minimum atomic E-state index is -0.274. The Bertz CT molecular complexity index is 702. The third-order valence-corrected chi connectivity index (χ3v) is 4.17. The maximum atomic E-state index is 12.4. The van der Waals surface area contributed by atoms with Crippen molar-refractivity contribution in [1.29, 1.82) is 0 Å². The van der Waals surface area contributed by atoms with E-state index in [0.717, 1.165) is 23.9 Å². The molecule has 5 heteroatoms. The Labute approximate surface area is 126 Å². The van der Waals surface area contributed by atoms with Crippen molar-refractivity contribution in [3.63, 3.8) is 0 Å². The molecule has 1 N–H and O–H groups in total. The molecule has 4 nitrogen and oxygen atoms in total. The van der Waals surface area contributed by atoms with Crippen LogP contribution in [0.25, 0.3) is 6.08 Å². The van der Waals surface area contributed by atoms with Crippen LogP contribution in [0.5, 0.6) is 0 Å². The van der Waals surface area contributed by atoms with Crippen molar-refractivity contribution >= 4 is 34.7 Å². The van der Waals surface area contributed by atoms with Gasteiger partial charge in [-0.25, -0.2) is 4.90 Å². The van der Waals surface area contributed by atoms with E-state index in [-0.39, 0.29) is 11.1 Å². The van der Waals surface area contributed by atoms with E-state index in [4.69, 9.17) is 0 Å². The van der Waals surface area contributed by atoms with Crippen LogP contribution in [0.4, 0.5) is 10.5 Å². The van der Waals surface area contributed by atoms with Gasteiger partial charge in [0.15, 0.2) is 0 Å². The topological polar surface area (TPSA) is 53.2 Å². The van der Waals surface area contributed by atoms with E-state index in [1.165, 1.54) is 10.5 Å². The van der Waals surface area contributed by atoms with Crippen LogP contribution < -0.4 is 4.90 Å². The number of benzene rings is 1. The van der Waals surface area contributed by atoms with Crippen LogP contribution in [0, 0.1) is 0 Å². The minimum absolute atomic E-state index is 0.262. The average Bonchev–Trinajstić information content (AvgIpc) is 3.09. The number of thioether (sulfide) groups is 1. The molecule has 2 amide bonds. The standard InChI is InChI=1S/C16H14N2O2S/c1-2-11-5-7-13(8-6-11)18-15(19)14(21-16(18)20)10-12-4-3-9-17-12/h3-10,17H,2H2,1H3/b14-10+. The lowest BCUT2D eigenvalue weighted by Gasteiger charge is -2.12. The third kappa shape index (κ3) is 2.64. The van der Waals surface area contributed by atoms with Crippen LogP contribution in [0.3, 0.4) is 0 Å². The zero-order valence-corrected chi connectivity index (χ0v) is 12.3. The second kappa shape index (κ2) is 5.61. The fourth-order valence-corrected chi connectivity index (χ4v) is 2.98. The molecule has 2 heterocycles. The van der Waals surface area contributed by atoms with Crippen molar-refractivity contribution in [3.05, 3.63) is 58.8 Å². The predicted molar refractivity (Wildman–Crippen MR) is 85.1 cm³/mol. The summed E-state index contributed by atoms with van der Waals surface area (Å²) in [5.74, 6) is -0.274. The molecular weight excluding hydrogens is 284 g/mol. The third-order valence-electron chi connectivity index (χ3n) is 3.31. The Morgan fingerprint density at radius 2 is 1.95 bits per heavy atom. The first kappa shape index (κ1) is 13.7. The van der Waals surface area contributed by atoms with Gasteiger partial charge in [0, 0.05) is 11.9 Å². The fourth-order valence-electron chi connectivity index (χ4n) is 2.15. The molecule has 1 saturated heterocycles. The Hall–Kier alpha value is -2.27. The van der Waals surface area contributed by atoms with Gasteiger partial charge < -0.3 is 4.98 Å². The number of amides is 2. The number of imide groups is 1. The van der Waals surface area contributed by atoms with E-state index in [9.17, 15) is 9.59 Å². The molecule has 1 aromatic heterocycles. The Balaban J connectivity index is 1.90. The summed E-state index contributed by atoms with van der Waals surface area (Å²) in [6, 6.07) is 11.2. The second-order valence-corrected chi connectivity index (χ2v) is 5.66. The SMILES string of the molecule is CCc1ccc(N2C(=O)S/C(=C/c3ccc[nH]3)C2=O)cc1. The number of aromatic nitrogens is 1. The number of hydrogen-bond donors (Lipinski definition) is 1. The summed E-state index contributed by atoms with van der Waals surface area (Å²) in [4.78, 5) is 29.1. The highest BCUT2D eigenvalue weighted by Crippen LogP contribution is 2.35. The Morgan fingerprint density at radius 1 is 1.19 bits per heavy atom. The van der Waals surface area contributed by atoms with Crippen LogP contribution in [-0.2, 0) is 11.2 Å². The zero-order valence-electron chi connectivity index (χ0n) is 11.5. The number of hydrogen-bond acceptors (Lipinski definition) is 3. The summed E-state index contributed by atoms with van der Waals surface area (Å²) >= 11 is 0.963. The van der Waals surface area contributed by atoms with Gasteiger partial charge in [-0.2, -0.15) is 0 Å². The molecule has 0 bridgehead atoms. The number of carbonyl (C=O) groups is 2. The van der Waals surface area contributed by atoms with Gasteiger partial charge in [0.1, 0.15) is 0 Å². The van der Waals surface area contributed by atoms with Crippen LogP contribution >= 0.6 is 11.8 Å². The normalized spacial score (nSPS) is 17.0. The Kier molecular flexibility index (Phi) is 3.66. The number of rotatable bonds is 3. The van der Waals surface area contributed by atoms with E-state index in [1.54, 1.807) is 12.3 Å². The molecule has 0 aliphatic carbocycles. The highest BCUT2D eigenvalue weighted by molar-refractivity contribution is 8.19. The maximum absolute atomic E-state index is 12.4. The number of carbonyl (C=O) groups excluding carboxylic acids is 2. The van der Waals surface area contributed by atoms with Crippen LogP contribution in [0.2, 0.25) is 0 Å². The lowest BCUT2D eigenvalue weighted by atomic mass is 10.1. The lowest BCUT2D eigenvalue weighted by molar-refractivity contribution is -0.113. The highest BCUT2D eigenvalue weighted by atomic mass is 32.2. The van der Waals surface area contributed by atoms with Crippen molar-refractivity contribution in [1.82, 2.24) is 4.98 Å². The Morgan fingerprint density at radius 3 is 2.57 bits per heavy atom. The molecule has 0 radical (unpaired) electrons. The quantitative estimate of drug-likeness (QED) is 0.876. The average molecular weight is 298 g/mol. The molecule has 0 spiro atoms. The van der Waals surface area contributed by atoms with Gasteiger partial charge in [-0.3, -0.25) is 9.59 Å². The number of aryl methyl sites for hydroxylation is 1. The maximum Gasteiger partial charge on any atom is 0.298 e. The molecule has 1 aromatic carbocycles. The molecule has 106 valence electrons. The molecule has 0 unspecified atom stereocenters. The van der Waals surface area contributed by atoms with Gasteiger partial charge in [0.25, 0.3) is 11.1 Å². The predicted octanol–water partition coefficient (Wildman–Crippen LogP) is 3.82. The van der Waals surface area contributed by atoms with Crippen molar-refractivity contribution in [2.75, 3.05) is 4.90 Å². The number of nitrogens with one attached hydrogen (secondary N) is 1. The molecule has 2 aromatic rings. The van der Waals surface area contributed by atoms with Crippen LogP contribution in [0.15, 0.2) is 47.5 Å². The smallest absolute Gasteiger partial charge is 0.298 e. The van der Waals surface area contributed by atoms with Gasteiger partial charge in [-0.1, -0.05) is 19.1 Å². The van der Waals surface area contributed by atoms with E-state index in [2.05, 4.69) is 11.9 Å². The first-order chi connectivity index (χ1) is 10.2. The summed E-state index contributed by atoms with van der Waals surface area (Å²) in [5.41, 5.74) is 2.60. The molecule has 1 aliphatic heterocycles. The first-order valence-corrected chi connectivity index (χ1v) is 7.51. The van der Waals surface area contributed by atoms with Gasteiger partial charge in [-0.05, 0) is 54.1 Å². The molecule has 0 atom stereocenters. The first-order valence-electron chi connectivity index (χ1n) is 6.69. The molecular formula is C16H14N2O2S. The van der Waals surface area contributed by atoms with E-state index < -0.39 is 0 Å². The van der Waals surface area contributed by atoms with Crippen molar-refractivity contribution in [3.8, 4) is 0 Å². The summed E-state index contributed by atoms with van der Waals surface area (Å²) < 4.78 is 0. The van der Waals surface area contributed by atoms with Gasteiger partial charge in [0.2, 0.25) is 0 Å². The van der Waals surface area contributed by atoms with Gasteiger partial charge in [-0.15, -0.1) is 0 Å². The number of nitrogens with zero attached hydrogens (tertiary/aromatic N) is 1. The van der Waals surface area contributed by atoms with Crippen molar-refractivity contribution in [2.45, 2.75) is 13.3 Å². The van der Waals surface area contributed by atoms with E-state index in [1.807, 2.05) is 36.4 Å². The molecule has 3 rings (SSSR count). The molecule has 0 saturated carbocycles. The monoisotopic (exact) mass is 298 g/mol. The number of H-pyrrole nitrogens is 1. The summed E-state index contributed by atoms with van der Waals surface area (Å²) in [6.45, 7) is 2.06. The van der Waals surface area contributed by atoms with Crippen molar-refractivity contribution in [2.24, 2.45) is 0 Å². The number of anilines is 1. The molecule has 1 aliphatic rings. The fraction of sp³-hybridized carbons (Fsp3) is 0.125. The summed E-state index contributed by atoms with van der Waals surface area (Å²) in [7, 11) is 0. The van der Waals surface area contributed by atoms with Gasteiger partial charge in [0.05, 0.1) is 10.6 Å². The summed E-state index contributed by atoms with van der Waals surface area (Å²) in [6.07, 6.45) is 4.40. The van der Waals surface area contributed by atoms with Gasteiger partial charge >= 0.3 is 0 Å². The van der Waals surface area contributed by atoms with Crippen LogP contribution in [-0.4, -0.2) is 16.1 Å². The lowest BCUT2D eigenvalue weighted by Crippen LogP contribution is -2.27. The molecule has 21 heavy (non-hydrogen) atoms. The molecule has 1 fully saturated rings. The number of aromatic amines is 1. The van der Waals surface area contributed by atoms with Crippen LogP contribution in [0.1, 0.15) is 18.2 Å². The zero-order chi connectivity index (χ0) is 14.8. The largest absolute Gasteiger partial charge is 0.362 e. The summed E-state index contributed by atoms with van der Waals surface area (Å²) in [5, 5.41) is -0.262. The highest BCUT2D eigenvalue weighted by Gasteiger charge is 2.36. The van der Waals surface area contributed by atoms with Crippen molar-refractivity contribution < 1.29 is 9.59 Å². The minimum Gasteiger partial charge on any atom is -0.362 e. The second-order valence-electron chi connectivity index (χ2n) is 4.66.